The number of aromatic nitrogens is 1. The van der Waals surface area contributed by atoms with Crippen molar-refractivity contribution in [3.05, 3.63) is 30.6 Å². The third-order valence-corrected chi connectivity index (χ3v) is 2.64. The van der Waals surface area contributed by atoms with Gasteiger partial charge >= 0.3 is 8.25 Å². The van der Waals surface area contributed by atoms with Crippen LogP contribution >= 0.6 is 8.25 Å². The van der Waals surface area contributed by atoms with Crippen molar-refractivity contribution < 1.29 is 18.4 Å². The van der Waals surface area contributed by atoms with E-state index >= 15 is 0 Å². The molecule has 0 fully saturated rings. The van der Waals surface area contributed by atoms with Gasteiger partial charge in [0, 0.05) is 16.9 Å². The van der Waals surface area contributed by atoms with Gasteiger partial charge in [0.2, 0.25) is 12.4 Å². The number of nitrogens with zero attached hydrogens (tertiary/aromatic N) is 1. The van der Waals surface area contributed by atoms with Gasteiger partial charge in [-0.2, -0.15) is 4.62 Å². The van der Waals surface area contributed by atoms with Gasteiger partial charge in [0.05, 0.1) is 6.61 Å². The van der Waals surface area contributed by atoms with Crippen molar-refractivity contribution in [2.45, 2.75) is 26.2 Å². The summed E-state index contributed by atoms with van der Waals surface area (Å²) in [6.07, 6.45) is 6.50. The molecule has 0 aromatic carbocycles. The summed E-state index contributed by atoms with van der Waals surface area (Å²) < 4.78 is 22.8. The molecule has 0 aliphatic rings. The zero-order valence-corrected chi connectivity index (χ0v) is 9.89. The smallest absolute Gasteiger partial charge is 0.298 e. The Bertz CT molecular complexity index is 292. The second kappa shape index (κ2) is 7.43. The summed E-state index contributed by atoms with van der Waals surface area (Å²) in [6, 6.07) is 5.46. The van der Waals surface area contributed by atoms with Gasteiger partial charge in [-0.15, -0.1) is 0 Å². The van der Waals surface area contributed by atoms with Crippen LogP contribution in [0.2, 0.25) is 0 Å². The SMILES string of the molecule is CCCCCO[PH](=O)O[n+]1ccccc1. The van der Waals surface area contributed by atoms with Crippen molar-refractivity contribution in [2.24, 2.45) is 0 Å². The lowest BCUT2D eigenvalue weighted by Crippen LogP contribution is -2.37. The van der Waals surface area contributed by atoms with E-state index in [4.69, 9.17) is 9.15 Å². The monoisotopic (exact) mass is 230 g/mol. The van der Waals surface area contributed by atoms with Crippen LogP contribution in [0.15, 0.2) is 30.6 Å². The average Bonchev–Trinajstić information content (AvgIpc) is 2.26. The van der Waals surface area contributed by atoms with Gasteiger partial charge in [-0.1, -0.05) is 25.8 Å². The van der Waals surface area contributed by atoms with Gasteiger partial charge in [0.15, 0.2) is 0 Å². The van der Waals surface area contributed by atoms with E-state index in [0.717, 1.165) is 19.3 Å². The number of hydrogen-bond donors (Lipinski definition) is 0. The summed E-state index contributed by atoms with van der Waals surface area (Å²) in [4.78, 5) is 0. The molecule has 84 valence electrons. The molecule has 0 aliphatic carbocycles. The van der Waals surface area contributed by atoms with Gasteiger partial charge in [0.1, 0.15) is 0 Å². The zero-order valence-electron chi connectivity index (χ0n) is 8.89. The normalized spacial score (nSPS) is 12.3. The molecule has 1 aromatic rings. The van der Waals surface area contributed by atoms with Crippen molar-refractivity contribution in [1.29, 1.82) is 0 Å². The fraction of sp³-hybridized carbons (Fsp3) is 0.500. The lowest BCUT2D eigenvalue weighted by atomic mass is 10.3. The average molecular weight is 230 g/mol. The molecule has 1 heterocycles. The highest BCUT2D eigenvalue weighted by Crippen LogP contribution is 2.17. The minimum atomic E-state index is -2.41. The molecular formula is C10H17NO3P+. The Labute approximate surface area is 90.7 Å². The third-order valence-electron chi connectivity index (χ3n) is 1.84. The molecule has 1 atom stereocenters. The molecule has 0 aliphatic heterocycles. The predicted molar refractivity (Wildman–Crippen MR) is 57.7 cm³/mol. The first-order chi connectivity index (χ1) is 7.33. The molecule has 15 heavy (non-hydrogen) atoms. The number of unbranched alkanes of at least 4 members (excludes halogenated alkanes) is 2. The van der Waals surface area contributed by atoms with E-state index in [0.29, 0.717) is 6.61 Å². The molecule has 0 saturated carbocycles. The Morgan fingerprint density at radius 1 is 1.20 bits per heavy atom. The molecule has 0 spiro atoms. The highest BCUT2D eigenvalue weighted by atomic mass is 31.1. The maximum atomic E-state index is 11.3. The standard InChI is InChI=1S/C10H17NO3P/c1-2-3-7-10-13-15(12)14-11-8-5-4-6-9-11/h4-6,8-9,15H,2-3,7,10H2,1H3/q+1. The van der Waals surface area contributed by atoms with Gasteiger partial charge < -0.3 is 0 Å². The van der Waals surface area contributed by atoms with E-state index in [9.17, 15) is 4.57 Å². The first-order valence-corrected chi connectivity index (χ1v) is 6.37. The lowest BCUT2D eigenvalue weighted by molar-refractivity contribution is -0.858. The van der Waals surface area contributed by atoms with E-state index in [1.54, 1.807) is 24.5 Å². The Kier molecular flexibility index (Phi) is 6.05. The first kappa shape index (κ1) is 12.2. The Morgan fingerprint density at radius 2 is 1.93 bits per heavy atom. The van der Waals surface area contributed by atoms with Crippen LogP contribution in [0.25, 0.3) is 0 Å². The molecule has 0 bridgehead atoms. The van der Waals surface area contributed by atoms with E-state index in [-0.39, 0.29) is 0 Å². The van der Waals surface area contributed by atoms with Crippen LogP contribution in [0.4, 0.5) is 0 Å². The quantitative estimate of drug-likeness (QED) is 0.408. The van der Waals surface area contributed by atoms with Crippen molar-refractivity contribution in [3.8, 4) is 0 Å². The van der Waals surface area contributed by atoms with Crippen molar-refractivity contribution in [1.82, 2.24) is 0 Å². The highest BCUT2D eigenvalue weighted by Gasteiger charge is 2.06. The summed E-state index contributed by atoms with van der Waals surface area (Å²) in [5.74, 6) is 0. The Hall–Kier alpha value is -0.860. The molecular weight excluding hydrogens is 213 g/mol. The molecule has 1 unspecified atom stereocenters. The Balaban J connectivity index is 2.19. The van der Waals surface area contributed by atoms with Crippen molar-refractivity contribution in [3.63, 3.8) is 0 Å². The zero-order chi connectivity index (χ0) is 10.9. The summed E-state index contributed by atoms with van der Waals surface area (Å²) in [5.41, 5.74) is 0. The number of hydrogen-bond acceptors (Lipinski definition) is 3. The third kappa shape index (κ3) is 5.55. The summed E-state index contributed by atoms with van der Waals surface area (Å²) in [5, 5.41) is 0. The molecule has 0 amide bonds. The summed E-state index contributed by atoms with van der Waals surface area (Å²) in [6.45, 7) is 2.61. The summed E-state index contributed by atoms with van der Waals surface area (Å²) in [7, 11) is -2.41. The maximum absolute atomic E-state index is 11.3. The van der Waals surface area contributed by atoms with Gasteiger partial charge in [-0.25, -0.2) is 4.57 Å². The predicted octanol–water partition coefficient (Wildman–Crippen LogP) is 2.00. The van der Waals surface area contributed by atoms with Crippen molar-refractivity contribution >= 4 is 8.25 Å². The van der Waals surface area contributed by atoms with Crippen LogP contribution < -0.4 is 9.35 Å². The lowest BCUT2D eigenvalue weighted by Gasteiger charge is -2.00. The van der Waals surface area contributed by atoms with Gasteiger partial charge in [0.25, 0.3) is 0 Å². The van der Waals surface area contributed by atoms with Crippen LogP contribution in [-0.4, -0.2) is 6.61 Å². The van der Waals surface area contributed by atoms with E-state index < -0.39 is 8.25 Å². The van der Waals surface area contributed by atoms with Crippen LogP contribution in [-0.2, 0) is 9.09 Å². The van der Waals surface area contributed by atoms with Crippen LogP contribution in [0.5, 0.6) is 0 Å². The fourth-order valence-electron chi connectivity index (χ4n) is 1.06. The highest BCUT2D eigenvalue weighted by molar-refractivity contribution is 7.33. The Morgan fingerprint density at radius 3 is 2.60 bits per heavy atom. The molecule has 1 aromatic heterocycles. The molecule has 4 nitrogen and oxygen atoms in total. The van der Waals surface area contributed by atoms with Crippen LogP contribution in [0.3, 0.4) is 0 Å². The first-order valence-electron chi connectivity index (χ1n) is 5.14. The van der Waals surface area contributed by atoms with Crippen molar-refractivity contribution in [2.75, 3.05) is 6.61 Å². The fourth-order valence-corrected chi connectivity index (χ4v) is 1.72. The van der Waals surface area contributed by atoms with Crippen LogP contribution in [0.1, 0.15) is 26.2 Å². The van der Waals surface area contributed by atoms with E-state index in [1.807, 2.05) is 6.07 Å². The topological polar surface area (TPSA) is 39.4 Å². The van der Waals surface area contributed by atoms with Gasteiger partial charge in [-0.3, -0.25) is 4.52 Å². The molecule has 0 radical (unpaired) electrons. The molecule has 0 N–H and O–H groups in total. The molecule has 5 heteroatoms. The molecule has 0 saturated heterocycles. The number of rotatable bonds is 7. The summed E-state index contributed by atoms with van der Waals surface area (Å²) >= 11 is 0. The van der Waals surface area contributed by atoms with Gasteiger partial charge in [-0.05, 0) is 6.42 Å². The van der Waals surface area contributed by atoms with Crippen LogP contribution in [0, 0.1) is 0 Å². The maximum Gasteiger partial charge on any atom is 0.433 e. The second-order valence-electron chi connectivity index (χ2n) is 3.13. The minimum Gasteiger partial charge on any atom is -0.298 e. The minimum absolute atomic E-state index is 0.499. The van der Waals surface area contributed by atoms with E-state index in [2.05, 4.69) is 6.92 Å². The largest absolute Gasteiger partial charge is 0.433 e. The number of pyridine rings is 1. The second-order valence-corrected chi connectivity index (χ2v) is 4.10. The van der Waals surface area contributed by atoms with E-state index in [1.165, 1.54) is 4.73 Å². The molecule has 1 rings (SSSR count).